The van der Waals surface area contributed by atoms with Crippen LogP contribution in [0.3, 0.4) is 0 Å². The van der Waals surface area contributed by atoms with Crippen LogP contribution in [0.4, 0.5) is 11.4 Å². The van der Waals surface area contributed by atoms with E-state index in [1.54, 1.807) is 12.1 Å². The number of ketones is 1. The summed E-state index contributed by atoms with van der Waals surface area (Å²) >= 11 is 0. The Bertz CT molecular complexity index is 1730. The van der Waals surface area contributed by atoms with Crippen molar-refractivity contribution in [2.45, 2.75) is 63.5 Å². The van der Waals surface area contributed by atoms with Crippen LogP contribution in [0.25, 0.3) is 22.6 Å². The van der Waals surface area contributed by atoms with E-state index in [4.69, 9.17) is 14.7 Å². The van der Waals surface area contributed by atoms with Gasteiger partial charge in [0.25, 0.3) is 0 Å². The lowest BCUT2D eigenvalue weighted by Gasteiger charge is -2.25. The van der Waals surface area contributed by atoms with Gasteiger partial charge in [0.05, 0.1) is 27.7 Å². The van der Waals surface area contributed by atoms with Crippen LogP contribution < -0.4 is 5.32 Å². The molecule has 1 unspecified atom stereocenters. The number of imidazole rings is 2. The van der Waals surface area contributed by atoms with E-state index in [2.05, 4.69) is 10.3 Å². The summed E-state index contributed by atoms with van der Waals surface area (Å²) in [5.41, 5.74) is 4.45. The Morgan fingerprint density at radius 3 is 2.52 bits per heavy atom. The van der Waals surface area contributed by atoms with Crippen molar-refractivity contribution < 1.29 is 17.9 Å². The minimum Gasteiger partial charge on any atom is -0.358 e. The van der Waals surface area contributed by atoms with Crippen molar-refractivity contribution in [3.8, 4) is 11.4 Å². The van der Waals surface area contributed by atoms with Gasteiger partial charge < -0.3 is 14.6 Å². The monoisotopic (exact) mass is 562 g/mol. The molecule has 1 saturated heterocycles. The van der Waals surface area contributed by atoms with Crippen molar-refractivity contribution in [3.63, 3.8) is 0 Å². The Hall–Kier alpha value is -3.57. The molecular formula is C29H34N6O4S. The summed E-state index contributed by atoms with van der Waals surface area (Å²) < 4.78 is 35.9. The largest absolute Gasteiger partial charge is 0.358 e. The van der Waals surface area contributed by atoms with Crippen LogP contribution in [0.15, 0.2) is 35.4 Å². The molecule has 6 rings (SSSR count). The number of carbonyl (C=O) groups excluding carboxylic acids is 1. The summed E-state index contributed by atoms with van der Waals surface area (Å²) in [5.74, 6) is 1.73. The van der Waals surface area contributed by atoms with Crippen LogP contribution in [0.2, 0.25) is 0 Å². The van der Waals surface area contributed by atoms with E-state index in [0.717, 1.165) is 43.6 Å². The minimum atomic E-state index is -3.61. The highest BCUT2D eigenvalue weighted by Crippen LogP contribution is 2.36. The Morgan fingerprint density at radius 1 is 1.07 bits per heavy atom. The standard InChI is InChI=1S/C29H34N6O4S/c1-17-16-34(3)28(30-17)20-10-11-22(25(13-20)40(4,37)38)33-23-14-21(15-24(36)19-8-9-19)32-29-27(23)31-18(2)35(29)26-7-5-6-12-39-26/h10-11,13-14,16,19,26H,5-9,12,15H2,1-4H3,(H,32,33). The van der Waals surface area contributed by atoms with Gasteiger partial charge in [0.15, 0.2) is 15.5 Å². The first-order chi connectivity index (χ1) is 19.1. The summed E-state index contributed by atoms with van der Waals surface area (Å²) in [6, 6.07) is 7.08. The van der Waals surface area contributed by atoms with E-state index >= 15 is 0 Å². The van der Waals surface area contributed by atoms with Crippen LogP contribution in [-0.4, -0.2) is 51.1 Å². The quantitative estimate of drug-likeness (QED) is 0.325. The zero-order chi connectivity index (χ0) is 28.2. The molecule has 0 amide bonds. The highest BCUT2D eigenvalue weighted by Gasteiger charge is 2.30. The van der Waals surface area contributed by atoms with Crippen molar-refractivity contribution in [1.82, 2.24) is 24.1 Å². The number of hydrogen-bond donors (Lipinski definition) is 1. The Kier molecular flexibility index (Phi) is 6.74. The molecule has 4 aromatic rings. The number of rotatable bonds is 8. The number of sulfone groups is 1. The second-order valence-corrected chi connectivity index (χ2v) is 13.0. The summed E-state index contributed by atoms with van der Waals surface area (Å²) in [5, 5.41) is 3.35. The number of Topliss-reactive ketones (excluding diaryl/α,β-unsaturated/α-hetero) is 1. The zero-order valence-electron chi connectivity index (χ0n) is 23.3. The highest BCUT2D eigenvalue weighted by molar-refractivity contribution is 7.90. The second kappa shape index (κ2) is 10.1. The number of aromatic nitrogens is 5. The molecule has 1 aliphatic heterocycles. The SMILES string of the molecule is Cc1cn(C)c(-c2ccc(Nc3cc(CC(=O)C4CC4)nc4c3nc(C)n4C3CCCCO3)c(S(C)(=O)=O)c2)n1. The van der Waals surface area contributed by atoms with Gasteiger partial charge in [-0.3, -0.25) is 9.36 Å². The van der Waals surface area contributed by atoms with E-state index in [9.17, 15) is 13.2 Å². The molecule has 10 nitrogen and oxygen atoms in total. The van der Waals surface area contributed by atoms with Gasteiger partial charge in [-0.2, -0.15) is 0 Å². The number of ether oxygens (including phenoxy) is 1. The van der Waals surface area contributed by atoms with E-state index in [1.165, 1.54) is 6.26 Å². The maximum absolute atomic E-state index is 13.0. The van der Waals surface area contributed by atoms with Gasteiger partial charge in [0.1, 0.15) is 29.2 Å². The fourth-order valence-electron chi connectivity index (χ4n) is 5.51. The van der Waals surface area contributed by atoms with Gasteiger partial charge in [-0.1, -0.05) is 0 Å². The van der Waals surface area contributed by atoms with Crippen molar-refractivity contribution in [2.75, 3.05) is 18.2 Å². The number of fused-ring (bicyclic) bond motifs is 1. The fourth-order valence-corrected chi connectivity index (χ4v) is 6.37. The number of benzene rings is 1. The number of nitrogens with zero attached hydrogens (tertiary/aromatic N) is 5. The Labute approximate surface area is 233 Å². The first-order valence-corrected chi connectivity index (χ1v) is 15.6. The van der Waals surface area contributed by atoms with Gasteiger partial charge >= 0.3 is 0 Å². The van der Waals surface area contributed by atoms with E-state index in [1.807, 2.05) is 48.4 Å². The second-order valence-electron chi connectivity index (χ2n) is 11.0. The molecule has 1 aromatic carbocycles. The smallest absolute Gasteiger partial charge is 0.177 e. The molecule has 4 heterocycles. The molecule has 1 aliphatic carbocycles. The molecule has 2 fully saturated rings. The topological polar surface area (TPSA) is 121 Å². The number of nitrogens with one attached hydrogen (secondary N) is 1. The number of pyridine rings is 1. The van der Waals surface area contributed by atoms with E-state index in [-0.39, 0.29) is 29.2 Å². The third-order valence-electron chi connectivity index (χ3n) is 7.61. The molecule has 1 atom stereocenters. The molecule has 1 N–H and O–H groups in total. The lowest BCUT2D eigenvalue weighted by atomic mass is 10.1. The van der Waals surface area contributed by atoms with Gasteiger partial charge in [-0.05, 0) is 70.2 Å². The summed E-state index contributed by atoms with van der Waals surface area (Å²) in [6.45, 7) is 4.50. The molecule has 11 heteroatoms. The maximum atomic E-state index is 13.0. The third kappa shape index (κ3) is 5.15. The van der Waals surface area contributed by atoms with Crippen molar-refractivity contribution >= 4 is 38.2 Å². The summed E-state index contributed by atoms with van der Waals surface area (Å²) in [7, 11) is -1.73. The predicted molar refractivity (Wildman–Crippen MR) is 152 cm³/mol. The molecular weight excluding hydrogens is 528 g/mol. The average Bonchev–Trinajstić information content (AvgIpc) is 3.63. The van der Waals surface area contributed by atoms with Crippen LogP contribution in [-0.2, 0) is 32.8 Å². The molecule has 1 saturated carbocycles. The normalized spacial score (nSPS) is 17.9. The number of anilines is 2. The molecule has 0 radical (unpaired) electrons. The summed E-state index contributed by atoms with van der Waals surface area (Å²) in [4.78, 5) is 27.2. The van der Waals surface area contributed by atoms with Crippen molar-refractivity contribution in [2.24, 2.45) is 13.0 Å². The maximum Gasteiger partial charge on any atom is 0.177 e. The van der Waals surface area contributed by atoms with Crippen molar-refractivity contribution in [1.29, 1.82) is 0 Å². The Balaban J connectivity index is 1.47. The predicted octanol–water partition coefficient (Wildman–Crippen LogP) is 4.82. The van der Waals surface area contributed by atoms with Crippen LogP contribution in [0.5, 0.6) is 0 Å². The first kappa shape index (κ1) is 26.6. The van der Waals surface area contributed by atoms with Crippen LogP contribution in [0.1, 0.15) is 55.5 Å². The van der Waals surface area contributed by atoms with Crippen LogP contribution in [0, 0.1) is 19.8 Å². The Morgan fingerprint density at radius 2 is 1.88 bits per heavy atom. The molecule has 40 heavy (non-hydrogen) atoms. The lowest BCUT2D eigenvalue weighted by molar-refractivity contribution is -0.119. The third-order valence-corrected chi connectivity index (χ3v) is 8.75. The lowest BCUT2D eigenvalue weighted by Crippen LogP contribution is -2.19. The van der Waals surface area contributed by atoms with Gasteiger partial charge in [-0.25, -0.2) is 23.4 Å². The summed E-state index contributed by atoms with van der Waals surface area (Å²) in [6.07, 6.45) is 7.92. The van der Waals surface area contributed by atoms with Gasteiger partial charge in [0.2, 0.25) is 0 Å². The highest BCUT2D eigenvalue weighted by atomic mass is 32.2. The molecule has 2 aliphatic rings. The minimum absolute atomic E-state index is 0.112. The van der Waals surface area contributed by atoms with E-state index in [0.29, 0.717) is 46.2 Å². The number of aryl methyl sites for hydroxylation is 3. The van der Waals surface area contributed by atoms with E-state index < -0.39 is 9.84 Å². The van der Waals surface area contributed by atoms with Crippen molar-refractivity contribution in [3.05, 3.63) is 47.7 Å². The molecule has 3 aromatic heterocycles. The number of hydrogen-bond acceptors (Lipinski definition) is 8. The van der Waals surface area contributed by atoms with Crippen LogP contribution >= 0.6 is 0 Å². The van der Waals surface area contributed by atoms with Gasteiger partial charge in [-0.15, -0.1) is 0 Å². The first-order valence-electron chi connectivity index (χ1n) is 13.7. The van der Waals surface area contributed by atoms with Gasteiger partial charge in [0, 0.05) is 44.0 Å². The average molecular weight is 563 g/mol. The molecule has 0 bridgehead atoms. The fraction of sp³-hybridized carbons (Fsp3) is 0.448. The number of carbonyl (C=O) groups is 1. The zero-order valence-corrected chi connectivity index (χ0v) is 24.1. The molecule has 210 valence electrons. The molecule has 0 spiro atoms.